The molecule has 0 atom stereocenters. The summed E-state index contributed by atoms with van der Waals surface area (Å²) in [7, 11) is 0. The molecule has 0 saturated carbocycles. The van der Waals surface area contributed by atoms with E-state index in [0.29, 0.717) is 25.5 Å². The molecule has 2 rings (SSSR count). The van der Waals surface area contributed by atoms with Crippen molar-refractivity contribution in [3.63, 3.8) is 0 Å². The number of carbonyl (C=O) groups excluding carboxylic acids is 1. The quantitative estimate of drug-likeness (QED) is 0.715. The van der Waals surface area contributed by atoms with E-state index in [1.54, 1.807) is 18.5 Å². The highest BCUT2D eigenvalue weighted by Gasteiger charge is 2.24. The van der Waals surface area contributed by atoms with Crippen molar-refractivity contribution in [2.45, 2.75) is 32.3 Å². The molecule has 1 amide bonds. The molecule has 23 heavy (non-hydrogen) atoms. The number of piperazine rings is 1. The van der Waals surface area contributed by atoms with Gasteiger partial charge in [-0.3, -0.25) is 9.69 Å². The highest BCUT2D eigenvalue weighted by molar-refractivity contribution is 5.76. The van der Waals surface area contributed by atoms with Gasteiger partial charge in [0.15, 0.2) is 0 Å². The van der Waals surface area contributed by atoms with Gasteiger partial charge in [0, 0.05) is 58.1 Å². The molecule has 0 bridgehead atoms. The minimum atomic E-state index is -0.683. The number of nitrogens with one attached hydrogen (secondary N) is 1. The number of β-amino-alcohol motifs (C(OH)–C–C–N with tert-alkyl or cyclic N) is 1. The maximum Gasteiger partial charge on any atom is 0.222 e. The SMILES string of the molecule is CC(C)(O)CN1CCN(C(=O)CCCNc2ncccn2)CC1. The summed E-state index contributed by atoms with van der Waals surface area (Å²) < 4.78 is 0. The third kappa shape index (κ3) is 6.50. The summed E-state index contributed by atoms with van der Waals surface area (Å²) >= 11 is 0. The molecule has 1 aromatic heterocycles. The van der Waals surface area contributed by atoms with Gasteiger partial charge >= 0.3 is 0 Å². The Morgan fingerprint density at radius 2 is 1.91 bits per heavy atom. The number of hydrogen-bond acceptors (Lipinski definition) is 6. The molecule has 1 fully saturated rings. The first-order chi connectivity index (χ1) is 10.9. The van der Waals surface area contributed by atoms with Crippen molar-refractivity contribution in [1.29, 1.82) is 0 Å². The van der Waals surface area contributed by atoms with Crippen molar-refractivity contribution in [1.82, 2.24) is 19.8 Å². The molecule has 2 N–H and O–H groups in total. The van der Waals surface area contributed by atoms with E-state index in [1.807, 2.05) is 18.7 Å². The molecular weight excluding hydrogens is 294 g/mol. The van der Waals surface area contributed by atoms with Crippen LogP contribution in [-0.2, 0) is 4.79 Å². The fraction of sp³-hybridized carbons (Fsp3) is 0.688. The zero-order valence-electron chi connectivity index (χ0n) is 14.0. The third-order valence-electron chi connectivity index (χ3n) is 3.75. The zero-order valence-corrected chi connectivity index (χ0v) is 14.0. The van der Waals surface area contributed by atoms with Crippen molar-refractivity contribution in [2.75, 3.05) is 44.6 Å². The Hall–Kier alpha value is -1.73. The molecule has 1 aliphatic heterocycles. The number of aliphatic hydroxyl groups is 1. The van der Waals surface area contributed by atoms with E-state index < -0.39 is 5.60 Å². The Kier molecular flexibility index (Phi) is 6.29. The van der Waals surface area contributed by atoms with Crippen LogP contribution in [0, 0.1) is 0 Å². The first-order valence-electron chi connectivity index (χ1n) is 8.17. The van der Waals surface area contributed by atoms with Gasteiger partial charge in [0.25, 0.3) is 0 Å². The number of rotatable bonds is 7. The lowest BCUT2D eigenvalue weighted by atomic mass is 10.1. The summed E-state index contributed by atoms with van der Waals surface area (Å²) in [5, 5.41) is 12.9. The standard InChI is InChI=1S/C16H27N5O2/c1-16(2,23)13-20-9-11-21(12-10-20)14(22)5-3-6-17-15-18-7-4-8-19-15/h4,7-8,23H,3,5-6,9-13H2,1-2H3,(H,17,18,19). The van der Waals surface area contributed by atoms with Crippen molar-refractivity contribution in [3.8, 4) is 0 Å². The number of hydrogen-bond donors (Lipinski definition) is 2. The lowest BCUT2D eigenvalue weighted by Crippen LogP contribution is -2.52. The minimum Gasteiger partial charge on any atom is -0.389 e. The highest BCUT2D eigenvalue weighted by atomic mass is 16.3. The zero-order chi connectivity index (χ0) is 16.7. The third-order valence-corrected chi connectivity index (χ3v) is 3.75. The van der Waals surface area contributed by atoms with Gasteiger partial charge in [-0.05, 0) is 26.3 Å². The number of amides is 1. The number of anilines is 1. The fourth-order valence-corrected chi connectivity index (χ4v) is 2.69. The molecule has 0 radical (unpaired) electrons. The average molecular weight is 321 g/mol. The predicted molar refractivity (Wildman–Crippen MR) is 89.1 cm³/mol. The van der Waals surface area contributed by atoms with Crippen LogP contribution in [0.1, 0.15) is 26.7 Å². The van der Waals surface area contributed by atoms with Crippen LogP contribution in [0.3, 0.4) is 0 Å². The van der Waals surface area contributed by atoms with Crippen LogP contribution in [0.25, 0.3) is 0 Å². The molecule has 7 nitrogen and oxygen atoms in total. The van der Waals surface area contributed by atoms with Crippen LogP contribution in [0.15, 0.2) is 18.5 Å². The minimum absolute atomic E-state index is 0.198. The average Bonchev–Trinajstić information content (AvgIpc) is 2.51. The second-order valence-corrected chi connectivity index (χ2v) is 6.57. The summed E-state index contributed by atoms with van der Waals surface area (Å²) in [5.41, 5.74) is -0.683. The molecule has 0 spiro atoms. The maximum absolute atomic E-state index is 12.2. The van der Waals surface area contributed by atoms with Crippen molar-refractivity contribution in [3.05, 3.63) is 18.5 Å². The molecule has 0 unspecified atom stereocenters. The highest BCUT2D eigenvalue weighted by Crippen LogP contribution is 2.10. The van der Waals surface area contributed by atoms with E-state index in [2.05, 4.69) is 20.2 Å². The molecule has 7 heteroatoms. The molecule has 1 aromatic rings. The van der Waals surface area contributed by atoms with E-state index in [1.165, 1.54) is 0 Å². The summed E-state index contributed by atoms with van der Waals surface area (Å²) in [5.74, 6) is 0.795. The van der Waals surface area contributed by atoms with Gasteiger partial charge in [0.05, 0.1) is 5.60 Å². The normalized spacial score (nSPS) is 16.4. The van der Waals surface area contributed by atoms with Crippen LogP contribution in [0.4, 0.5) is 5.95 Å². The van der Waals surface area contributed by atoms with E-state index in [0.717, 1.165) is 32.6 Å². The van der Waals surface area contributed by atoms with Gasteiger partial charge in [-0.1, -0.05) is 0 Å². The van der Waals surface area contributed by atoms with E-state index >= 15 is 0 Å². The number of aromatic nitrogens is 2. The van der Waals surface area contributed by atoms with Gasteiger partial charge < -0.3 is 15.3 Å². The van der Waals surface area contributed by atoms with Gasteiger partial charge in [0.1, 0.15) is 0 Å². The van der Waals surface area contributed by atoms with Crippen LogP contribution in [-0.4, -0.2) is 75.7 Å². The maximum atomic E-state index is 12.2. The Bertz CT molecular complexity index is 481. The number of carbonyl (C=O) groups is 1. The summed E-state index contributed by atoms with van der Waals surface area (Å²) in [6.07, 6.45) is 4.67. The van der Waals surface area contributed by atoms with Gasteiger partial charge in [-0.15, -0.1) is 0 Å². The van der Waals surface area contributed by atoms with E-state index in [-0.39, 0.29) is 5.91 Å². The monoisotopic (exact) mass is 321 g/mol. The summed E-state index contributed by atoms with van der Waals surface area (Å²) in [6, 6.07) is 1.77. The first kappa shape index (κ1) is 17.6. The topological polar surface area (TPSA) is 81.6 Å². The number of nitrogens with zero attached hydrogens (tertiary/aromatic N) is 4. The van der Waals surface area contributed by atoms with Gasteiger partial charge in [0.2, 0.25) is 11.9 Å². The van der Waals surface area contributed by atoms with Crippen LogP contribution < -0.4 is 5.32 Å². The smallest absolute Gasteiger partial charge is 0.222 e. The largest absolute Gasteiger partial charge is 0.389 e. The van der Waals surface area contributed by atoms with Crippen molar-refractivity contribution in [2.24, 2.45) is 0 Å². The lowest BCUT2D eigenvalue weighted by molar-refractivity contribution is -0.133. The molecule has 0 aromatic carbocycles. The summed E-state index contributed by atoms with van der Waals surface area (Å²) in [4.78, 5) is 24.5. The van der Waals surface area contributed by atoms with Gasteiger partial charge in [-0.25, -0.2) is 9.97 Å². The molecular formula is C16H27N5O2. The van der Waals surface area contributed by atoms with Gasteiger partial charge in [-0.2, -0.15) is 0 Å². The van der Waals surface area contributed by atoms with Crippen LogP contribution >= 0.6 is 0 Å². The Balaban J connectivity index is 1.61. The van der Waals surface area contributed by atoms with Crippen LogP contribution in [0.2, 0.25) is 0 Å². The fourth-order valence-electron chi connectivity index (χ4n) is 2.69. The second kappa shape index (κ2) is 8.21. The van der Waals surface area contributed by atoms with Crippen molar-refractivity contribution < 1.29 is 9.90 Å². The van der Waals surface area contributed by atoms with Crippen molar-refractivity contribution >= 4 is 11.9 Å². The second-order valence-electron chi connectivity index (χ2n) is 6.57. The molecule has 1 saturated heterocycles. The molecule has 2 heterocycles. The van der Waals surface area contributed by atoms with E-state index in [9.17, 15) is 9.90 Å². The summed E-state index contributed by atoms with van der Waals surface area (Å²) in [6.45, 7) is 8.10. The Labute approximate surface area is 137 Å². The molecule has 0 aliphatic carbocycles. The first-order valence-corrected chi connectivity index (χ1v) is 8.17. The predicted octanol–water partition coefficient (Wildman–Crippen LogP) is 0.584. The molecule has 128 valence electrons. The lowest BCUT2D eigenvalue weighted by Gasteiger charge is -2.37. The van der Waals surface area contributed by atoms with E-state index in [4.69, 9.17) is 0 Å². The molecule has 1 aliphatic rings. The Morgan fingerprint density at radius 1 is 1.26 bits per heavy atom. The Morgan fingerprint density at radius 3 is 2.52 bits per heavy atom. The van der Waals surface area contributed by atoms with Crippen LogP contribution in [0.5, 0.6) is 0 Å².